The SMILES string of the molecule is COc1ccccc1NS(=O)(=O)c1cc(-c2ccc(=O)n(-c3c(C)noc3C)n2)ccc1OC. The van der Waals surface area contributed by atoms with Gasteiger partial charge < -0.3 is 14.0 Å². The van der Waals surface area contributed by atoms with Crippen LogP contribution in [0.3, 0.4) is 0 Å². The van der Waals surface area contributed by atoms with Gasteiger partial charge in [0, 0.05) is 11.6 Å². The molecular weight excluding hydrogens is 460 g/mol. The predicted molar refractivity (Wildman–Crippen MR) is 125 cm³/mol. The molecule has 0 spiro atoms. The van der Waals surface area contributed by atoms with Crippen LogP contribution in [0.1, 0.15) is 11.5 Å². The first-order valence-electron chi connectivity index (χ1n) is 10.1. The number of ether oxygens (including phenoxy) is 2. The third kappa shape index (κ3) is 4.25. The number of para-hydroxylation sites is 2. The molecular formula is C23H22N4O6S. The summed E-state index contributed by atoms with van der Waals surface area (Å²) in [6.45, 7) is 3.38. The maximum atomic E-state index is 13.3. The Labute approximate surface area is 195 Å². The second-order valence-corrected chi connectivity index (χ2v) is 8.96. The van der Waals surface area contributed by atoms with E-state index in [1.807, 2.05) is 0 Å². The zero-order valence-electron chi connectivity index (χ0n) is 18.9. The van der Waals surface area contributed by atoms with E-state index in [-0.39, 0.29) is 21.9 Å². The minimum Gasteiger partial charge on any atom is -0.495 e. The van der Waals surface area contributed by atoms with Gasteiger partial charge in [0.15, 0.2) is 5.76 Å². The van der Waals surface area contributed by atoms with Gasteiger partial charge >= 0.3 is 0 Å². The van der Waals surface area contributed by atoms with Gasteiger partial charge in [-0.3, -0.25) is 9.52 Å². The van der Waals surface area contributed by atoms with Gasteiger partial charge in [0.25, 0.3) is 15.6 Å². The Morgan fingerprint density at radius 1 is 0.971 bits per heavy atom. The number of methoxy groups -OCH3 is 2. The molecule has 0 fully saturated rings. The zero-order chi connectivity index (χ0) is 24.5. The molecule has 11 heteroatoms. The van der Waals surface area contributed by atoms with Crippen LogP contribution in [0.4, 0.5) is 5.69 Å². The molecule has 0 aliphatic rings. The molecule has 0 saturated carbocycles. The second-order valence-electron chi connectivity index (χ2n) is 7.31. The Hall–Kier alpha value is -4.12. The molecule has 0 unspecified atom stereocenters. The maximum absolute atomic E-state index is 13.3. The van der Waals surface area contributed by atoms with Crippen LogP contribution in [0.15, 0.2) is 68.8 Å². The van der Waals surface area contributed by atoms with Crippen LogP contribution < -0.4 is 19.8 Å². The van der Waals surface area contributed by atoms with E-state index in [0.717, 1.165) is 0 Å². The fourth-order valence-electron chi connectivity index (χ4n) is 3.48. The van der Waals surface area contributed by atoms with E-state index in [1.54, 1.807) is 44.2 Å². The normalized spacial score (nSPS) is 11.3. The quantitative estimate of drug-likeness (QED) is 0.425. The number of hydrogen-bond acceptors (Lipinski definition) is 8. The Bertz CT molecular complexity index is 1510. The van der Waals surface area contributed by atoms with Crippen molar-refractivity contribution >= 4 is 15.7 Å². The number of nitrogens with zero attached hydrogens (tertiary/aromatic N) is 3. The summed E-state index contributed by atoms with van der Waals surface area (Å²) in [5.74, 6) is 0.947. The molecule has 0 bridgehead atoms. The van der Waals surface area contributed by atoms with Crippen LogP contribution in [0, 0.1) is 13.8 Å². The molecule has 2 aromatic carbocycles. The molecule has 10 nitrogen and oxygen atoms in total. The summed E-state index contributed by atoms with van der Waals surface area (Å²) in [5, 5.41) is 8.29. The third-order valence-electron chi connectivity index (χ3n) is 5.11. The summed E-state index contributed by atoms with van der Waals surface area (Å²) in [5.41, 5.74) is 1.67. The van der Waals surface area contributed by atoms with Gasteiger partial charge in [-0.05, 0) is 50.2 Å². The van der Waals surface area contributed by atoms with E-state index < -0.39 is 10.0 Å². The van der Waals surface area contributed by atoms with E-state index in [0.29, 0.717) is 34.1 Å². The molecule has 0 radical (unpaired) electrons. The lowest BCUT2D eigenvalue weighted by Gasteiger charge is -2.15. The molecule has 1 N–H and O–H groups in total. The topological polar surface area (TPSA) is 126 Å². The lowest BCUT2D eigenvalue weighted by molar-refractivity contribution is 0.392. The van der Waals surface area contributed by atoms with Crippen molar-refractivity contribution in [2.24, 2.45) is 0 Å². The van der Waals surface area contributed by atoms with Gasteiger partial charge in [-0.2, -0.15) is 9.78 Å². The molecule has 0 amide bonds. The molecule has 176 valence electrons. The zero-order valence-corrected chi connectivity index (χ0v) is 19.7. The lowest BCUT2D eigenvalue weighted by Crippen LogP contribution is -2.21. The van der Waals surface area contributed by atoms with Crippen LogP contribution >= 0.6 is 0 Å². The third-order valence-corrected chi connectivity index (χ3v) is 6.49. The Balaban J connectivity index is 1.81. The molecule has 4 rings (SSSR count). The highest BCUT2D eigenvalue weighted by atomic mass is 32.2. The van der Waals surface area contributed by atoms with Gasteiger partial charge in [0.05, 0.1) is 25.6 Å². The number of hydrogen-bond donors (Lipinski definition) is 1. The minimum absolute atomic E-state index is 0.102. The first-order valence-corrected chi connectivity index (χ1v) is 11.6. The van der Waals surface area contributed by atoms with E-state index in [9.17, 15) is 13.2 Å². The van der Waals surface area contributed by atoms with Crippen molar-refractivity contribution in [1.82, 2.24) is 14.9 Å². The van der Waals surface area contributed by atoms with Crippen LogP contribution in [0.5, 0.6) is 11.5 Å². The molecule has 0 aliphatic heterocycles. The predicted octanol–water partition coefficient (Wildman–Crippen LogP) is 3.32. The van der Waals surface area contributed by atoms with E-state index in [1.165, 1.54) is 43.2 Å². The Morgan fingerprint density at radius 2 is 1.71 bits per heavy atom. The summed E-state index contributed by atoms with van der Waals surface area (Å²) >= 11 is 0. The minimum atomic E-state index is -4.07. The summed E-state index contributed by atoms with van der Waals surface area (Å²) < 4.78 is 46.0. The van der Waals surface area contributed by atoms with Crippen molar-refractivity contribution in [3.05, 3.63) is 76.4 Å². The fraction of sp³-hybridized carbons (Fsp3) is 0.174. The fourth-order valence-corrected chi connectivity index (χ4v) is 4.75. The maximum Gasteiger partial charge on any atom is 0.271 e. The highest BCUT2D eigenvalue weighted by molar-refractivity contribution is 7.92. The number of sulfonamides is 1. The molecule has 34 heavy (non-hydrogen) atoms. The summed E-state index contributed by atoms with van der Waals surface area (Å²) in [7, 11) is -1.24. The average molecular weight is 483 g/mol. The van der Waals surface area contributed by atoms with Crippen molar-refractivity contribution in [2.75, 3.05) is 18.9 Å². The second kappa shape index (κ2) is 9.02. The van der Waals surface area contributed by atoms with Gasteiger partial charge in [-0.25, -0.2) is 8.42 Å². The standard InChI is InChI=1S/C23H22N4O6S/c1-14-23(15(2)33-25-14)27-22(28)12-10-17(24-27)16-9-11-20(32-4)21(13-16)34(29,30)26-18-7-5-6-8-19(18)31-3/h5-13,26H,1-4H3. The number of nitrogens with one attached hydrogen (secondary N) is 1. The molecule has 2 heterocycles. The van der Waals surface area contributed by atoms with Gasteiger partial charge in [0.1, 0.15) is 27.8 Å². The van der Waals surface area contributed by atoms with E-state index in [4.69, 9.17) is 14.0 Å². The Morgan fingerprint density at radius 3 is 2.38 bits per heavy atom. The van der Waals surface area contributed by atoms with Crippen LogP contribution in [-0.2, 0) is 10.0 Å². The van der Waals surface area contributed by atoms with Crippen LogP contribution in [0.2, 0.25) is 0 Å². The summed E-state index contributed by atoms with van der Waals surface area (Å²) in [4.78, 5) is 12.4. The number of aromatic nitrogens is 3. The van der Waals surface area contributed by atoms with Crippen molar-refractivity contribution < 1.29 is 22.4 Å². The summed E-state index contributed by atoms with van der Waals surface area (Å²) in [6, 6.07) is 14.1. The largest absolute Gasteiger partial charge is 0.495 e. The molecule has 0 saturated heterocycles. The van der Waals surface area contributed by atoms with Gasteiger partial charge in [-0.15, -0.1) is 0 Å². The number of anilines is 1. The molecule has 0 aliphatic carbocycles. The smallest absolute Gasteiger partial charge is 0.271 e. The van der Waals surface area contributed by atoms with Gasteiger partial charge in [-0.1, -0.05) is 17.3 Å². The van der Waals surface area contributed by atoms with Crippen molar-refractivity contribution in [1.29, 1.82) is 0 Å². The van der Waals surface area contributed by atoms with Crippen molar-refractivity contribution in [3.8, 4) is 28.4 Å². The summed E-state index contributed by atoms with van der Waals surface area (Å²) in [6.07, 6.45) is 0. The monoisotopic (exact) mass is 482 g/mol. The molecule has 4 aromatic rings. The average Bonchev–Trinajstić information content (AvgIpc) is 3.16. The van der Waals surface area contributed by atoms with Crippen molar-refractivity contribution in [3.63, 3.8) is 0 Å². The van der Waals surface area contributed by atoms with Gasteiger partial charge in [0.2, 0.25) is 0 Å². The first kappa shape index (κ1) is 23.1. The number of benzene rings is 2. The van der Waals surface area contributed by atoms with Crippen LogP contribution in [-0.4, -0.2) is 37.6 Å². The van der Waals surface area contributed by atoms with Crippen molar-refractivity contribution in [2.45, 2.75) is 18.7 Å². The van der Waals surface area contributed by atoms with Crippen LogP contribution in [0.25, 0.3) is 16.9 Å². The lowest BCUT2D eigenvalue weighted by atomic mass is 10.1. The van der Waals surface area contributed by atoms with E-state index in [2.05, 4.69) is 15.0 Å². The van der Waals surface area contributed by atoms with E-state index >= 15 is 0 Å². The molecule has 2 aromatic heterocycles. The highest BCUT2D eigenvalue weighted by Crippen LogP contribution is 2.32. The Kier molecular flexibility index (Phi) is 6.12. The number of aryl methyl sites for hydroxylation is 2. The first-order chi connectivity index (χ1) is 16.2. The molecule has 0 atom stereocenters. The number of rotatable bonds is 7. The highest BCUT2D eigenvalue weighted by Gasteiger charge is 2.23.